The van der Waals surface area contributed by atoms with Crippen LogP contribution in [0.25, 0.3) is 0 Å². The Bertz CT molecular complexity index is 714. The molecule has 0 radical (unpaired) electrons. The number of nitrogens with one attached hydrogen (secondary N) is 1. The van der Waals surface area contributed by atoms with Crippen LogP contribution in [-0.2, 0) is 6.54 Å². The molecule has 0 fully saturated rings. The van der Waals surface area contributed by atoms with Crippen molar-refractivity contribution in [2.24, 2.45) is 0 Å². The zero-order valence-corrected chi connectivity index (χ0v) is 15.0. The van der Waals surface area contributed by atoms with Gasteiger partial charge in [-0.15, -0.1) is 0 Å². The topological polar surface area (TPSA) is 45.0 Å². The summed E-state index contributed by atoms with van der Waals surface area (Å²) in [4.78, 5) is 0. The zero-order valence-electron chi connectivity index (χ0n) is 11.1. The van der Waals surface area contributed by atoms with Crippen LogP contribution >= 0.6 is 43.5 Å². The van der Waals surface area contributed by atoms with Crippen LogP contribution in [0.4, 0.5) is 5.69 Å². The van der Waals surface area contributed by atoms with E-state index in [1.807, 2.05) is 24.3 Å². The molecule has 0 unspecified atom stereocenters. The molecule has 0 spiro atoms. The van der Waals surface area contributed by atoms with Gasteiger partial charge in [-0.05, 0) is 46.3 Å². The molecule has 0 aliphatic rings. The van der Waals surface area contributed by atoms with E-state index in [9.17, 15) is 0 Å². The lowest BCUT2D eigenvalue weighted by Crippen LogP contribution is -2.02. The molecule has 1 N–H and O–H groups in total. The van der Waals surface area contributed by atoms with Gasteiger partial charge in [0.05, 0.1) is 22.2 Å². The summed E-state index contributed by atoms with van der Waals surface area (Å²) in [6, 6.07) is 11.2. The van der Waals surface area contributed by atoms with Crippen LogP contribution in [0.2, 0.25) is 5.02 Å². The molecule has 3 nitrogen and oxygen atoms in total. The van der Waals surface area contributed by atoms with Gasteiger partial charge in [-0.1, -0.05) is 27.5 Å². The van der Waals surface area contributed by atoms with Gasteiger partial charge in [0.2, 0.25) is 0 Å². The number of hydrogen-bond donors (Lipinski definition) is 1. The lowest BCUT2D eigenvalue weighted by Gasteiger charge is -2.13. The predicted molar refractivity (Wildman–Crippen MR) is 91.9 cm³/mol. The van der Waals surface area contributed by atoms with Gasteiger partial charge in [0.1, 0.15) is 11.8 Å². The third-order valence-electron chi connectivity index (χ3n) is 2.86. The van der Waals surface area contributed by atoms with E-state index in [0.29, 0.717) is 17.1 Å². The molecule has 0 heterocycles. The smallest absolute Gasteiger partial charge is 0.138 e. The fraction of sp³-hybridized carbons (Fsp3) is 0.133. The molecule has 2 aromatic carbocycles. The highest BCUT2D eigenvalue weighted by atomic mass is 79.9. The molecule has 21 heavy (non-hydrogen) atoms. The monoisotopic (exact) mass is 428 g/mol. The molecular formula is C15H11Br2ClN2O. The Morgan fingerprint density at radius 3 is 2.67 bits per heavy atom. The molecule has 0 bridgehead atoms. The molecule has 108 valence electrons. The van der Waals surface area contributed by atoms with Crippen molar-refractivity contribution in [2.45, 2.75) is 6.54 Å². The lowest BCUT2D eigenvalue weighted by atomic mass is 10.2. The predicted octanol–water partition coefficient (Wildman–Crippen LogP) is 5.36. The number of nitriles is 1. The van der Waals surface area contributed by atoms with E-state index >= 15 is 0 Å². The molecule has 0 saturated heterocycles. The second kappa shape index (κ2) is 7.17. The lowest BCUT2D eigenvalue weighted by molar-refractivity contribution is 0.407. The second-order valence-electron chi connectivity index (χ2n) is 4.24. The average Bonchev–Trinajstić information content (AvgIpc) is 2.44. The first-order valence-electron chi connectivity index (χ1n) is 6.00. The third kappa shape index (κ3) is 3.91. The molecule has 2 aromatic rings. The first-order chi connectivity index (χ1) is 10.0. The van der Waals surface area contributed by atoms with Crippen molar-refractivity contribution in [1.82, 2.24) is 0 Å². The minimum absolute atomic E-state index is 0.435. The summed E-state index contributed by atoms with van der Waals surface area (Å²) < 4.78 is 7.25. The Balaban J connectivity index is 2.20. The Morgan fingerprint density at radius 2 is 2.05 bits per heavy atom. The molecule has 0 amide bonds. The van der Waals surface area contributed by atoms with E-state index in [0.717, 1.165) is 25.9 Å². The van der Waals surface area contributed by atoms with Gasteiger partial charge in [-0.25, -0.2) is 0 Å². The molecule has 0 atom stereocenters. The van der Waals surface area contributed by atoms with Crippen molar-refractivity contribution in [3.8, 4) is 11.8 Å². The van der Waals surface area contributed by atoms with Crippen LogP contribution in [0.3, 0.4) is 0 Å². The number of nitrogens with zero attached hydrogens (tertiary/aromatic N) is 1. The molecule has 0 aliphatic carbocycles. The summed E-state index contributed by atoms with van der Waals surface area (Å²) in [6.45, 7) is 0.573. The molecule has 0 saturated carbocycles. The maximum absolute atomic E-state index is 8.86. The number of methoxy groups -OCH3 is 1. The van der Waals surface area contributed by atoms with Crippen molar-refractivity contribution >= 4 is 49.1 Å². The standard InChI is InChI=1S/C15H11Br2ClN2O/c1-21-15-10(4-11(16)5-13(15)17)8-20-12-3-2-9(7-19)14(18)6-12/h2-6,20H,8H2,1H3. The largest absolute Gasteiger partial charge is 0.495 e. The average molecular weight is 431 g/mol. The van der Waals surface area contributed by atoms with E-state index < -0.39 is 0 Å². The molecule has 0 aromatic heterocycles. The van der Waals surface area contributed by atoms with Gasteiger partial charge in [-0.3, -0.25) is 0 Å². The maximum Gasteiger partial charge on any atom is 0.138 e. The third-order valence-corrected chi connectivity index (χ3v) is 4.22. The zero-order chi connectivity index (χ0) is 15.4. The first-order valence-corrected chi connectivity index (χ1v) is 7.97. The van der Waals surface area contributed by atoms with Crippen LogP contribution in [0.1, 0.15) is 11.1 Å². The number of hydrogen-bond acceptors (Lipinski definition) is 3. The van der Waals surface area contributed by atoms with Crippen LogP contribution in [0.5, 0.6) is 5.75 Å². The van der Waals surface area contributed by atoms with E-state index in [1.165, 1.54) is 0 Å². The first kappa shape index (κ1) is 16.2. The van der Waals surface area contributed by atoms with Crippen LogP contribution in [0.15, 0.2) is 39.3 Å². The maximum atomic E-state index is 8.86. The van der Waals surface area contributed by atoms with Crippen molar-refractivity contribution in [2.75, 3.05) is 12.4 Å². The Labute approximate surface area is 145 Å². The Hall–Kier alpha value is -1.22. The molecule has 2 rings (SSSR count). The highest BCUT2D eigenvalue weighted by Gasteiger charge is 2.09. The van der Waals surface area contributed by atoms with Crippen molar-refractivity contribution in [1.29, 1.82) is 5.26 Å². The van der Waals surface area contributed by atoms with Gasteiger partial charge in [0, 0.05) is 22.3 Å². The minimum atomic E-state index is 0.435. The van der Waals surface area contributed by atoms with E-state index in [2.05, 4.69) is 37.2 Å². The SMILES string of the molecule is COc1c(Br)cc(Br)cc1CNc1ccc(C#N)c(Cl)c1. The normalized spacial score (nSPS) is 10.0. The van der Waals surface area contributed by atoms with E-state index in [-0.39, 0.29) is 0 Å². The molecule has 6 heteroatoms. The molecule has 0 aliphatic heterocycles. The number of halogens is 3. The van der Waals surface area contributed by atoms with Gasteiger partial charge in [-0.2, -0.15) is 5.26 Å². The minimum Gasteiger partial charge on any atom is -0.495 e. The number of ether oxygens (including phenoxy) is 1. The van der Waals surface area contributed by atoms with E-state index in [1.54, 1.807) is 19.2 Å². The molecular weight excluding hydrogens is 419 g/mol. The summed E-state index contributed by atoms with van der Waals surface area (Å²) in [5, 5.41) is 12.6. The number of benzene rings is 2. The van der Waals surface area contributed by atoms with Gasteiger partial charge in [0.25, 0.3) is 0 Å². The number of anilines is 1. The summed E-state index contributed by atoms with van der Waals surface area (Å²) in [5.74, 6) is 0.783. The number of rotatable bonds is 4. The second-order valence-corrected chi connectivity index (χ2v) is 6.42. The fourth-order valence-electron chi connectivity index (χ4n) is 1.89. The van der Waals surface area contributed by atoms with Crippen LogP contribution in [-0.4, -0.2) is 7.11 Å². The fourth-order valence-corrected chi connectivity index (χ4v) is 3.58. The summed E-state index contributed by atoms with van der Waals surface area (Å²) in [7, 11) is 1.63. The quantitative estimate of drug-likeness (QED) is 0.711. The Morgan fingerprint density at radius 1 is 1.29 bits per heavy atom. The summed E-state index contributed by atoms with van der Waals surface area (Å²) in [5.41, 5.74) is 2.31. The van der Waals surface area contributed by atoms with Crippen LogP contribution in [0, 0.1) is 11.3 Å². The van der Waals surface area contributed by atoms with Crippen molar-refractivity contribution in [3.63, 3.8) is 0 Å². The highest BCUT2D eigenvalue weighted by Crippen LogP contribution is 2.33. The van der Waals surface area contributed by atoms with Gasteiger partial charge >= 0.3 is 0 Å². The van der Waals surface area contributed by atoms with Crippen LogP contribution < -0.4 is 10.1 Å². The Kier molecular flexibility index (Phi) is 5.51. The van der Waals surface area contributed by atoms with Gasteiger partial charge in [0.15, 0.2) is 0 Å². The van der Waals surface area contributed by atoms with Crippen molar-refractivity contribution in [3.05, 3.63) is 55.4 Å². The van der Waals surface area contributed by atoms with E-state index in [4.69, 9.17) is 21.6 Å². The highest BCUT2D eigenvalue weighted by molar-refractivity contribution is 9.11. The van der Waals surface area contributed by atoms with Crippen molar-refractivity contribution < 1.29 is 4.74 Å². The summed E-state index contributed by atoms with van der Waals surface area (Å²) >= 11 is 13.0. The van der Waals surface area contributed by atoms with Gasteiger partial charge < -0.3 is 10.1 Å². The summed E-state index contributed by atoms with van der Waals surface area (Å²) in [6.07, 6.45) is 0.